The van der Waals surface area contributed by atoms with Gasteiger partial charge in [0.2, 0.25) is 10.0 Å². The molecule has 2 N–H and O–H groups in total. The van der Waals surface area contributed by atoms with Crippen molar-refractivity contribution in [2.75, 3.05) is 34.0 Å². The molecule has 0 bridgehead atoms. The lowest BCUT2D eigenvalue weighted by Gasteiger charge is -2.28. The fraction of sp³-hybridized carbons (Fsp3) is 0.167. The van der Waals surface area contributed by atoms with Gasteiger partial charge < -0.3 is 15.4 Å². The molecule has 2 amide bonds. The number of rotatable bonds is 5. The number of ether oxygens (including phenoxy) is 1. The van der Waals surface area contributed by atoms with Crippen molar-refractivity contribution in [3.63, 3.8) is 0 Å². The van der Waals surface area contributed by atoms with Crippen molar-refractivity contribution in [2.45, 2.75) is 6.92 Å². The van der Waals surface area contributed by atoms with Crippen molar-refractivity contribution in [1.82, 2.24) is 0 Å². The van der Waals surface area contributed by atoms with Crippen LogP contribution in [0.2, 0.25) is 5.02 Å². The van der Waals surface area contributed by atoms with E-state index in [1.54, 1.807) is 66.7 Å². The van der Waals surface area contributed by atoms with Crippen LogP contribution in [0.15, 0.2) is 66.7 Å². The third-order valence-corrected chi connectivity index (χ3v) is 7.18. The van der Waals surface area contributed by atoms with E-state index in [-0.39, 0.29) is 30.9 Å². The molecule has 0 saturated carbocycles. The predicted octanol–water partition coefficient (Wildman–Crippen LogP) is 4.28. The van der Waals surface area contributed by atoms with Crippen LogP contribution in [0, 0.1) is 6.92 Å². The molecule has 3 aromatic rings. The number of sulfonamides is 1. The van der Waals surface area contributed by atoms with Gasteiger partial charge in [-0.3, -0.25) is 9.59 Å². The Morgan fingerprint density at radius 1 is 0.941 bits per heavy atom. The van der Waals surface area contributed by atoms with E-state index in [4.69, 9.17) is 16.3 Å². The van der Waals surface area contributed by atoms with Crippen LogP contribution in [0.3, 0.4) is 0 Å². The maximum Gasteiger partial charge on any atom is 0.255 e. The highest BCUT2D eigenvalue weighted by Gasteiger charge is 2.26. The fourth-order valence-electron chi connectivity index (χ4n) is 3.38. The van der Waals surface area contributed by atoms with Crippen LogP contribution in [-0.2, 0) is 14.8 Å². The number of nitrogens with zero attached hydrogens (tertiary/aromatic N) is 1. The van der Waals surface area contributed by atoms with Crippen LogP contribution in [0.25, 0.3) is 0 Å². The predicted molar refractivity (Wildman–Crippen MR) is 132 cm³/mol. The number of benzene rings is 3. The summed E-state index contributed by atoms with van der Waals surface area (Å²) in [4.78, 5) is 25.3. The molecule has 0 spiro atoms. The molecule has 8 nitrogen and oxygen atoms in total. The first kappa shape index (κ1) is 23.7. The second kappa shape index (κ2) is 9.84. The molecule has 0 unspecified atom stereocenters. The first-order chi connectivity index (χ1) is 16.2. The van der Waals surface area contributed by atoms with Gasteiger partial charge in [-0.15, -0.1) is 0 Å². The van der Waals surface area contributed by atoms with Crippen LogP contribution in [0.4, 0.5) is 17.1 Å². The fourth-order valence-corrected chi connectivity index (χ4v) is 4.80. The van der Waals surface area contributed by atoms with E-state index in [1.807, 2.05) is 6.92 Å². The maximum atomic E-state index is 12.7. The summed E-state index contributed by atoms with van der Waals surface area (Å²) in [7, 11) is -3.43. The molecule has 0 aromatic heterocycles. The van der Waals surface area contributed by atoms with E-state index >= 15 is 0 Å². The normalized spacial score (nSPS) is 14.9. The van der Waals surface area contributed by atoms with Gasteiger partial charge in [0.1, 0.15) is 6.73 Å². The van der Waals surface area contributed by atoms with Crippen molar-refractivity contribution in [1.29, 1.82) is 0 Å². The van der Waals surface area contributed by atoms with E-state index in [1.165, 1.54) is 4.31 Å². The van der Waals surface area contributed by atoms with E-state index in [2.05, 4.69) is 10.6 Å². The Kier molecular flexibility index (Phi) is 6.87. The highest BCUT2D eigenvalue weighted by Crippen LogP contribution is 2.24. The molecule has 1 saturated heterocycles. The monoisotopic (exact) mass is 499 g/mol. The van der Waals surface area contributed by atoms with Gasteiger partial charge in [-0.2, -0.15) is 0 Å². The average molecular weight is 500 g/mol. The van der Waals surface area contributed by atoms with E-state index in [9.17, 15) is 18.0 Å². The minimum absolute atomic E-state index is 0.0546. The number of carbonyl (C=O) groups excluding carboxylic acids is 2. The standard InChI is InChI=1S/C24H22ClN3O5S/c1-16-5-8-20(14-22(16)27-24(30)18-3-2-4-19(25)13-18)26-23(29)17-6-9-21(10-7-17)28-15-33-11-12-34(28,31)32/h2-10,13-14H,11-12,15H2,1H3,(H,26,29)(H,27,30). The maximum absolute atomic E-state index is 12.7. The SMILES string of the molecule is Cc1ccc(NC(=O)c2ccc(N3COCCS3(=O)=O)cc2)cc1NC(=O)c1cccc(Cl)c1. The van der Waals surface area contributed by atoms with Crippen LogP contribution in [0.5, 0.6) is 0 Å². The van der Waals surface area contributed by atoms with Gasteiger partial charge in [-0.1, -0.05) is 23.7 Å². The number of nitrogens with one attached hydrogen (secondary N) is 2. The average Bonchev–Trinajstić information content (AvgIpc) is 2.81. The number of anilines is 3. The number of halogens is 1. The highest BCUT2D eigenvalue weighted by molar-refractivity contribution is 7.92. The molecular formula is C24H22ClN3O5S. The van der Waals surface area contributed by atoms with Gasteiger partial charge in [0.05, 0.1) is 18.0 Å². The molecule has 0 aliphatic carbocycles. The molecule has 4 rings (SSSR count). The summed E-state index contributed by atoms with van der Waals surface area (Å²) in [5, 5.41) is 6.09. The van der Waals surface area contributed by atoms with Gasteiger partial charge in [-0.25, -0.2) is 12.7 Å². The van der Waals surface area contributed by atoms with E-state index in [0.717, 1.165) is 5.56 Å². The summed E-state index contributed by atoms with van der Waals surface area (Å²) in [6, 6.07) is 18.0. The second-order valence-electron chi connectivity index (χ2n) is 7.70. The van der Waals surface area contributed by atoms with E-state index in [0.29, 0.717) is 33.2 Å². The zero-order valence-corrected chi connectivity index (χ0v) is 19.8. The van der Waals surface area contributed by atoms with E-state index < -0.39 is 10.0 Å². The Labute approximate surface area is 202 Å². The Bertz CT molecular complexity index is 1340. The topological polar surface area (TPSA) is 105 Å². The number of carbonyl (C=O) groups is 2. The second-order valence-corrected chi connectivity index (χ2v) is 10.1. The summed E-state index contributed by atoms with van der Waals surface area (Å²) in [5.41, 5.74) is 3.06. The summed E-state index contributed by atoms with van der Waals surface area (Å²) in [6.45, 7) is 1.95. The molecule has 1 aliphatic heterocycles. The number of aryl methyl sites for hydroxylation is 1. The molecule has 34 heavy (non-hydrogen) atoms. The molecule has 0 radical (unpaired) electrons. The number of hydrogen-bond acceptors (Lipinski definition) is 5. The quantitative estimate of drug-likeness (QED) is 0.545. The molecule has 1 fully saturated rings. The molecule has 1 heterocycles. The third kappa shape index (κ3) is 5.39. The summed E-state index contributed by atoms with van der Waals surface area (Å²) in [5.74, 6) is -0.777. The Morgan fingerprint density at radius 3 is 2.38 bits per heavy atom. The minimum atomic E-state index is -3.43. The lowest BCUT2D eigenvalue weighted by molar-refractivity contribution is 0.101. The van der Waals surface area contributed by atoms with Gasteiger partial charge >= 0.3 is 0 Å². The zero-order chi connectivity index (χ0) is 24.3. The third-order valence-electron chi connectivity index (χ3n) is 5.28. The summed E-state index contributed by atoms with van der Waals surface area (Å²) < 4.78 is 30.8. The smallest absolute Gasteiger partial charge is 0.255 e. The molecular weight excluding hydrogens is 478 g/mol. The van der Waals surface area contributed by atoms with Gasteiger partial charge in [0, 0.05) is 27.5 Å². The Hall–Kier alpha value is -3.40. The molecule has 10 heteroatoms. The Morgan fingerprint density at radius 2 is 1.68 bits per heavy atom. The van der Waals surface area contributed by atoms with Gasteiger partial charge in [-0.05, 0) is 67.1 Å². The van der Waals surface area contributed by atoms with Crippen LogP contribution in [-0.4, -0.2) is 39.3 Å². The van der Waals surface area contributed by atoms with Crippen molar-refractivity contribution in [3.05, 3.63) is 88.4 Å². The Balaban J connectivity index is 1.46. The number of amides is 2. The van der Waals surface area contributed by atoms with Crippen LogP contribution >= 0.6 is 11.6 Å². The van der Waals surface area contributed by atoms with Crippen molar-refractivity contribution in [2.24, 2.45) is 0 Å². The first-order valence-corrected chi connectivity index (χ1v) is 12.4. The van der Waals surface area contributed by atoms with Gasteiger partial charge in [0.25, 0.3) is 11.8 Å². The largest absolute Gasteiger partial charge is 0.359 e. The van der Waals surface area contributed by atoms with Crippen molar-refractivity contribution < 1.29 is 22.7 Å². The minimum Gasteiger partial charge on any atom is -0.359 e. The van der Waals surface area contributed by atoms with Crippen LogP contribution < -0.4 is 14.9 Å². The molecule has 0 atom stereocenters. The zero-order valence-electron chi connectivity index (χ0n) is 18.2. The molecule has 176 valence electrons. The summed E-state index contributed by atoms with van der Waals surface area (Å²) in [6.07, 6.45) is 0. The highest BCUT2D eigenvalue weighted by atomic mass is 35.5. The summed E-state index contributed by atoms with van der Waals surface area (Å²) >= 11 is 5.97. The lowest BCUT2D eigenvalue weighted by Crippen LogP contribution is -2.41. The van der Waals surface area contributed by atoms with Crippen molar-refractivity contribution in [3.8, 4) is 0 Å². The number of hydrogen-bond donors (Lipinski definition) is 2. The van der Waals surface area contributed by atoms with Gasteiger partial charge in [0.15, 0.2) is 0 Å². The molecule has 3 aromatic carbocycles. The molecule has 1 aliphatic rings. The van der Waals surface area contributed by atoms with Crippen LogP contribution in [0.1, 0.15) is 26.3 Å². The lowest BCUT2D eigenvalue weighted by atomic mass is 10.1. The first-order valence-electron chi connectivity index (χ1n) is 10.4. The van der Waals surface area contributed by atoms with Crippen molar-refractivity contribution >= 4 is 50.5 Å².